The monoisotopic (exact) mass is 346 g/mol. The molecule has 5 heteroatoms. The Bertz CT molecular complexity index is 597. The van der Waals surface area contributed by atoms with Gasteiger partial charge in [-0.3, -0.25) is 4.79 Å². The number of rotatable bonds is 4. The first-order chi connectivity index (χ1) is 11.9. The Hall–Kier alpha value is -1.62. The second kappa shape index (κ2) is 7.32. The van der Waals surface area contributed by atoms with Gasteiger partial charge in [-0.15, -0.1) is 0 Å². The number of aliphatic hydroxyl groups is 1. The van der Waals surface area contributed by atoms with Crippen LogP contribution in [0.1, 0.15) is 69.8 Å². The number of hydrogen-bond acceptors (Lipinski definition) is 4. The van der Waals surface area contributed by atoms with Crippen molar-refractivity contribution in [2.24, 2.45) is 5.92 Å². The van der Waals surface area contributed by atoms with Crippen LogP contribution in [0.2, 0.25) is 0 Å². The van der Waals surface area contributed by atoms with E-state index in [9.17, 15) is 9.90 Å². The normalized spacial score (nSPS) is 29.9. The molecule has 2 heterocycles. The number of aromatic nitrogens is 1. The molecule has 1 saturated carbocycles. The molecule has 0 unspecified atom stereocenters. The molecule has 1 saturated heterocycles. The molecule has 1 aromatic rings. The van der Waals surface area contributed by atoms with E-state index in [0.29, 0.717) is 11.4 Å². The van der Waals surface area contributed by atoms with Crippen LogP contribution in [-0.2, 0) is 0 Å². The summed E-state index contributed by atoms with van der Waals surface area (Å²) in [5, 5.41) is 10.8. The highest BCUT2D eigenvalue weighted by molar-refractivity contribution is 5.92. The van der Waals surface area contributed by atoms with Crippen LogP contribution < -0.4 is 4.74 Å². The maximum atomic E-state index is 13.0. The molecule has 3 atom stereocenters. The van der Waals surface area contributed by atoms with Gasteiger partial charge in [-0.05, 0) is 58.6 Å². The summed E-state index contributed by atoms with van der Waals surface area (Å²) in [6.45, 7) is 6.62. The van der Waals surface area contributed by atoms with Gasteiger partial charge in [-0.25, -0.2) is 4.98 Å². The van der Waals surface area contributed by atoms with Gasteiger partial charge in [-0.1, -0.05) is 12.8 Å². The van der Waals surface area contributed by atoms with E-state index < -0.39 is 5.60 Å². The molecular weight excluding hydrogens is 316 g/mol. The standard InChI is InChI=1S/C20H30N2O3/c1-14(2)25-15-9-10-17(21-13-15)19(23)22-12-6-8-18(22)16-7-4-5-11-20(16,3)24/h9-10,13-14,16,18,24H,4-8,11-12H2,1-3H3/t16-,18+,20+/m0/s1. The lowest BCUT2D eigenvalue weighted by Gasteiger charge is -2.43. The second-order valence-corrected chi connectivity index (χ2v) is 7.96. The summed E-state index contributed by atoms with van der Waals surface area (Å²) in [5.41, 5.74) is -0.216. The minimum absolute atomic E-state index is 0.0278. The maximum absolute atomic E-state index is 13.0. The number of pyridine rings is 1. The summed E-state index contributed by atoms with van der Waals surface area (Å²) in [4.78, 5) is 19.2. The van der Waals surface area contributed by atoms with Gasteiger partial charge >= 0.3 is 0 Å². The number of nitrogens with zero attached hydrogens (tertiary/aromatic N) is 2. The van der Waals surface area contributed by atoms with Crippen LogP contribution in [0, 0.1) is 5.92 Å². The van der Waals surface area contributed by atoms with E-state index >= 15 is 0 Å². The smallest absolute Gasteiger partial charge is 0.272 e. The van der Waals surface area contributed by atoms with Gasteiger partial charge in [0.25, 0.3) is 5.91 Å². The summed E-state index contributed by atoms with van der Waals surface area (Å²) in [6, 6.07) is 3.67. The Morgan fingerprint density at radius 2 is 2.12 bits per heavy atom. The molecule has 3 rings (SSSR count). The zero-order valence-electron chi connectivity index (χ0n) is 15.6. The van der Waals surface area contributed by atoms with Crippen LogP contribution in [0.3, 0.4) is 0 Å². The lowest BCUT2D eigenvalue weighted by molar-refractivity contribution is -0.0578. The molecule has 2 aliphatic rings. The average Bonchev–Trinajstić information content (AvgIpc) is 3.03. The highest BCUT2D eigenvalue weighted by Crippen LogP contribution is 2.41. The molecule has 1 aliphatic heterocycles. The number of carbonyl (C=O) groups excluding carboxylic acids is 1. The number of likely N-dealkylation sites (tertiary alicyclic amines) is 1. The molecule has 0 aromatic carbocycles. The van der Waals surface area contributed by atoms with Gasteiger partial charge in [0.2, 0.25) is 0 Å². The van der Waals surface area contributed by atoms with Crippen molar-refractivity contribution >= 4 is 5.91 Å². The Morgan fingerprint density at radius 3 is 2.76 bits per heavy atom. The first kappa shape index (κ1) is 18.2. The fraction of sp³-hybridized carbons (Fsp3) is 0.700. The number of carbonyl (C=O) groups is 1. The van der Waals surface area contributed by atoms with Crippen molar-refractivity contribution in [3.8, 4) is 5.75 Å². The van der Waals surface area contributed by atoms with E-state index in [2.05, 4.69) is 4.98 Å². The van der Waals surface area contributed by atoms with Gasteiger partial charge in [0.15, 0.2) is 0 Å². The SMILES string of the molecule is CC(C)Oc1ccc(C(=O)N2CCC[C@@H]2[C@@H]2CCCC[C@@]2(C)O)nc1. The summed E-state index contributed by atoms with van der Waals surface area (Å²) in [5.74, 6) is 0.816. The largest absolute Gasteiger partial charge is 0.489 e. The van der Waals surface area contributed by atoms with Crippen molar-refractivity contribution in [2.45, 2.75) is 77.0 Å². The van der Waals surface area contributed by atoms with Crippen LogP contribution in [0.4, 0.5) is 0 Å². The van der Waals surface area contributed by atoms with E-state index in [1.54, 1.807) is 12.3 Å². The van der Waals surface area contributed by atoms with Crippen molar-refractivity contribution in [3.05, 3.63) is 24.0 Å². The summed E-state index contributed by atoms with van der Waals surface area (Å²) < 4.78 is 5.60. The molecule has 138 valence electrons. The number of hydrogen-bond donors (Lipinski definition) is 1. The van der Waals surface area contributed by atoms with E-state index in [4.69, 9.17) is 4.74 Å². The van der Waals surface area contributed by atoms with Crippen LogP contribution >= 0.6 is 0 Å². The quantitative estimate of drug-likeness (QED) is 0.907. The van der Waals surface area contributed by atoms with E-state index in [1.807, 2.05) is 31.7 Å². The molecule has 0 radical (unpaired) electrons. The molecule has 2 fully saturated rings. The zero-order valence-corrected chi connectivity index (χ0v) is 15.6. The summed E-state index contributed by atoms with van der Waals surface area (Å²) in [6.07, 6.45) is 7.71. The molecule has 1 N–H and O–H groups in total. The lowest BCUT2D eigenvalue weighted by Crippen LogP contribution is -2.50. The highest BCUT2D eigenvalue weighted by atomic mass is 16.5. The second-order valence-electron chi connectivity index (χ2n) is 7.96. The summed E-state index contributed by atoms with van der Waals surface area (Å²) >= 11 is 0. The van der Waals surface area contributed by atoms with E-state index in [-0.39, 0.29) is 24.0 Å². The minimum atomic E-state index is -0.672. The van der Waals surface area contributed by atoms with Crippen LogP contribution in [0.15, 0.2) is 18.3 Å². The van der Waals surface area contributed by atoms with Gasteiger partial charge in [0.05, 0.1) is 17.9 Å². The van der Waals surface area contributed by atoms with Gasteiger partial charge < -0.3 is 14.7 Å². The van der Waals surface area contributed by atoms with Crippen molar-refractivity contribution in [1.29, 1.82) is 0 Å². The molecule has 1 aliphatic carbocycles. The third-order valence-corrected chi connectivity index (χ3v) is 5.60. The van der Waals surface area contributed by atoms with Crippen LogP contribution in [-0.4, -0.2) is 45.2 Å². The molecule has 25 heavy (non-hydrogen) atoms. The van der Waals surface area contributed by atoms with Crippen molar-refractivity contribution < 1.29 is 14.6 Å². The lowest BCUT2D eigenvalue weighted by atomic mass is 9.72. The first-order valence-corrected chi connectivity index (χ1v) is 9.54. The molecule has 0 spiro atoms. The Kier molecular flexibility index (Phi) is 5.32. The van der Waals surface area contributed by atoms with Gasteiger partial charge in [-0.2, -0.15) is 0 Å². The Labute approximate surface area is 150 Å². The third kappa shape index (κ3) is 3.97. The molecule has 0 bridgehead atoms. The summed E-state index contributed by atoms with van der Waals surface area (Å²) in [7, 11) is 0. The Balaban J connectivity index is 1.74. The highest BCUT2D eigenvalue weighted by Gasteiger charge is 2.44. The number of ether oxygens (including phenoxy) is 1. The molecular formula is C20H30N2O3. The predicted molar refractivity (Wildman–Crippen MR) is 96.6 cm³/mol. The molecule has 1 amide bonds. The predicted octanol–water partition coefficient (Wildman–Crippen LogP) is 3.41. The van der Waals surface area contributed by atoms with Crippen LogP contribution in [0.5, 0.6) is 5.75 Å². The number of amides is 1. The Morgan fingerprint density at radius 1 is 1.32 bits per heavy atom. The third-order valence-electron chi connectivity index (χ3n) is 5.60. The zero-order chi connectivity index (χ0) is 18.0. The molecule has 1 aromatic heterocycles. The van der Waals surface area contributed by atoms with Crippen molar-refractivity contribution in [2.75, 3.05) is 6.54 Å². The molecule has 5 nitrogen and oxygen atoms in total. The topological polar surface area (TPSA) is 62.7 Å². The average molecular weight is 346 g/mol. The fourth-order valence-corrected chi connectivity index (χ4v) is 4.41. The minimum Gasteiger partial charge on any atom is -0.489 e. The fourth-order valence-electron chi connectivity index (χ4n) is 4.41. The van der Waals surface area contributed by atoms with E-state index in [1.165, 1.54) is 0 Å². The van der Waals surface area contributed by atoms with Crippen LogP contribution in [0.25, 0.3) is 0 Å². The van der Waals surface area contributed by atoms with Gasteiger partial charge in [0.1, 0.15) is 11.4 Å². The maximum Gasteiger partial charge on any atom is 0.272 e. The van der Waals surface area contributed by atoms with E-state index in [0.717, 1.165) is 45.1 Å². The first-order valence-electron chi connectivity index (χ1n) is 9.54. The van der Waals surface area contributed by atoms with Crippen molar-refractivity contribution in [1.82, 2.24) is 9.88 Å². The van der Waals surface area contributed by atoms with Crippen molar-refractivity contribution in [3.63, 3.8) is 0 Å². The van der Waals surface area contributed by atoms with Gasteiger partial charge in [0, 0.05) is 18.5 Å².